The van der Waals surface area contributed by atoms with E-state index in [0.717, 1.165) is 44.0 Å². The molecule has 3 heterocycles. The van der Waals surface area contributed by atoms with Crippen LogP contribution in [0.5, 0.6) is 11.5 Å². The summed E-state index contributed by atoms with van der Waals surface area (Å²) in [5.41, 5.74) is 1.25. The number of fused-ring (bicyclic) bond motifs is 1. The van der Waals surface area contributed by atoms with Gasteiger partial charge in [-0.05, 0) is 36.0 Å². The highest BCUT2D eigenvalue weighted by atomic mass is 16.7. The smallest absolute Gasteiger partial charge is 0.234 e. The molecule has 0 spiro atoms. The third-order valence-electron chi connectivity index (χ3n) is 5.74. The molecule has 7 heteroatoms. The molecule has 0 saturated carbocycles. The van der Waals surface area contributed by atoms with E-state index in [9.17, 15) is 9.59 Å². The molecule has 146 valence electrons. The van der Waals surface area contributed by atoms with Crippen LogP contribution in [-0.4, -0.2) is 67.7 Å². The van der Waals surface area contributed by atoms with Gasteiger partial charge in [-0.1, -0.05) is 13.0 Å². The maximum Gasteiger partial charge on any atom is 0.234 e. The van der Waals surface area contributed by atoms with E-state index in [-0.39, 0.29) is 24.0 Å². The maximum absolute atomic E-state index is 12.4. The molecule has 1 aromatic carbocycles. The van der Waals surface area contributed by atoms with Crippen molar-refractivity contribution in [2.45, 2.75) is 26.2 Å². The number of carbonyl (C=O) groups is 2. The summed E-state index contributed by atoms with van der Waals surface area (Å²) in [6, 6.07) is 6.11. The van der Waals surface area contributed by atoms with Crippen molar-refractivity contribution >= 4 is 11.8 Å². The highest BCUT2D eigenvalue weighted by Crippen LogP contribution is 2.37. The van der Waals surface area contributed by atoms with Gasteiger partial charge in [0.25, 0.3) is 0 Å². The number of nitrogens with zero attached hydrogens (tertiary/aromatic N) is 2. The Hall–Kier alpha value is -2.28. The number of hydrogen-bond acceptors (Lipinski definition) is 5. The first-order chi connectivity index (χ1) is 13.0. The van der Waals surface area contributed by atoms with Crippen molar-refractivity contribution < 1.29 is 19.1 Å². The topological polar surface area (TPSA) is 71.1 Å². The van der Waals surface area contributed by atoms with Gasteiger partial charge in [-0.25, -0.2) is 0 Å². The van der Waals surface area contributed by atoms with Gasteiger partial charge < -0.3 is 19.7 Å². The minimum Gasteiger partial charge on any atom is -0.454 e. The first-order valence-corrected chi connectivity index (χ1v) is 9.66. The van der Waals surface area contributed by atoms with Crippen LogP contribution in [0.25, 0.3) is 0 Å². The summed E-state index contributed by atoms with van der Waals surface area (Å²) < 4.78 is 10.9. The Morgan fingerprint density at radius 3 is 2.89 bits per heavy atom. The van der Waals surface area contributed by atoms with Crippen LogP contribution in [0, 0.1) is 5.41 Å². The number of benzene rings is 1. The molecule has 3 aliphatic heterocycles. The average molecular weight is 373 g/mol. The van der Waals surface area contributed by atoms with E-state index in [1.54, 1.807) is 0 Å². The Morgan fingerprint density at radius 1 is 1.19 bits per heavy atom. The summed E-state index contributed by atoms with van der Waals surface area (Å²) in [6.45, 7) is 6.69. The molecule has 27 heavy (non-hydrogen) atoms. The molecular formula is C20H27N3O4. The van der Waals surface area contributed by atoms with Gasteiger partial charge in [0.2, 0.25) is 18.6 Å². The highest BCUT2D eigenvalue weighted by Gasteiger charge is 2.35. The number of likely N-dealkylation sites (tertiary alicyclic amines) is 1. The van der Waals surface area contributed by atoms with E-state index < -0.39 is 0 Å². The van der Waals surface area contributed by atoms with Crippen molar-refractivity contribution in [1.29, 1.82) is 0 Å². The fourth-order valence-electron chi connectivity index (χ4n) is 4.23. The summed E-state index contributed by atoms with van der Waals surface area (Å²) in [6.07, 6.45) is 2.38. The van der Waals surface area contributed by atoms with Gasteiger partial charge in [0.15, 0.2) is 11.5 Å². The van der Waals surface area contributed by atoms with Crippen molar-refractivity contribution in [3.8, 4) is 11.5 Å². The largest absolute Gasteiger partial charge is 0.454 e. The van der Waals surface area contributed by atoms with Crippen molar-refractivity contribution in [2.24, 2.45) is 5.41 Å². The lowest BCUT2D eigenvalue weighted by atomic mass is 9.76. The Kier molecular flexibility index (Phi) is 4.95. The molecule has 2 fully saturated rings. The zero-order chi connectivity index (χ0) is 18.9. The van der Waals surface area contributed by atoms with Crippen LogP contribution in [0.1, 0.15) is 25.3 Å². The van der Waals surface area contributed by atoms with Gasteiger partial charge in [0, 0.05) is 39.1 Å². The van der Waals surface area contributed by atoms with E-state index in [2.05, 4.69) is 29.3 Å². The Labute approximate surface area is 159 Å². The van der Waals surface area contributed by atoms with Crippen LogP contribution in [0.4, 0.5) is 0 Å². The van der Waals surface area contributed by atoms with Crippen LogP contribution < -0.4 is 14.8 Å². The molecule has 0 unspecified atom stereocenters. The summed E-state index contributed by atoms with van der Waals surface area (Å²) >= 11 is 0. The molecular weight excluding hydrogens is 346 g/mol. The van der Waals surface area contributed by atoms with Crippen molar-refractivity contribution in [1.82, 2.24) is 15.1 Å². The number of ether oxygens (including phenoxy) is 2. The van der Waals surface area contributed by atoms with Gasteiger partial charge in [0.1, 0.15) is 0 Å². The fourth-order valence-corrected chi connectivity index (χ4v) is 4.23. The summed E-state index contributed by atoms with van der Waals surface area (Å²) in [5, 5.41) is 2.84. The molecule has 1 atom stereocenters. The molecule has 2 saturated heterocycles. The van der Waals surface area contributed by atoms with E-state index in [0.29, 0.717) is 26.1 Å². The van der Waals surface area contributed by atoms with Crippen LogP contribution >= 0.6 is 0 Å². The number of rotatable bonds is 5. The SMILES string of the molecule is C[C@@]1(Cc2ccc3c(c2)OCO3)CCC(=O)N(CCN2CCNC(=O)C2)C1. The molecule has 1 N–H and O–H groups in total. The lowest BCUT2D eigenvalue weighted by molar-refractivity contribution is -0.137. The molecule has 4 rings (SSSR count). The van der Waals surface area contributed by atoms with Crippen LogP contribution in [0.2, 0.25) is 0 Å². The second-order valence-electron chi connectivity index (χ2n) is 8.12. The van der Waals surface area contributed by atoms with E-state index in [1.807, 2.05) is 11.0 Å². The standard InChI is InChI=1S/C20H27N3O4/c1-20(11-15-2-3-16-17(10-15)27-14-26-16)5-4-19(25)23(13-20)9-8-22-7-6-21-18(24)12-22/h2-3,10H,4-9,11-14H2,1H3,(H,21,24)/t20-/m0/s1. The third kappa shape index (κ3) is 4.18. The van der Waals surface area contributed by atoms with Gasteiger partial charge >= 0.3 is 0 Å². The fraction of sp³-hybridized carbons (Fsp3) is 0.600. The summed E-state index contributed by atoms with van der Waals surface area (Å²) in [5.74, 6) is 1.90. The lowest BCUT2D eigenvalue weighted by Gasteiger charge is -2.41. The molecule has 0 aliphatic carbocycles. The van der Waals surface area contributed by atoms with Gasteiger partial charge in [0.05, 0.1) is 6.54 Å². The van der Waals surface area contributed by atoms with Crippen molar-refractivity contribution in [3.05, 3.63) is 23.8 Å². The third-order valence-corrected chi connectivity index (χ3v) is 5.74. The second kappa shape index (κ2) is 7.38. The molecule has 1 aromatic rings. The first-order valence-electron chi connectivity index (χ1n) is 9.66. The van der Waals surface area contributed by atoms with Gasteiger partial charge in [-0.3, -0.25) is 14.5 Å². The molecule has 0 bridgehead atoms. The van der Waals surface area contributed by atoms with E-state index in [4.69, 9.17) is 9.47 Å². The predicted octanol–water partition coefficient (Wildman–Crippen LogP) is 1.02. The minimum atomic E-state index is 0.0425. The minimum absolute atomic E-state index is 0.0425. The number of nitrogens with one attached hydrogen (secondary N) is 1. The molecule has 0 radical (unpaired) electrons. The van der Waals surface area contributed by atoms with Crippen molar-refractivity contribution in [3.63, 3.8) is 0 Å². The number of hydrogen-bond donors (Lipinski definition) is 1. The molecule has 2 amide bonds. The zero-order valence-corrected chi connectivity index (χ0v) is 15.8. The van der Waals surface area contributed by atoms with Crippen LogP contribution in [0.3, 0.4) is 0 Å². The number of carbonyl (C=O) groups excluding carboxylic acids is 2. The number of amides is 2. The van der Waals surface area contributed by atoms with Gasteiger partial charge in [-0.2, -0.15) is 0 Å². The number of piperazine rings is 1. The maximum atomic E-state index is 12.4. The highest BCUT2D eigenvalue weighted by molar-refractivity contribution is 5.79. The van der Waals surface area contributed by atoms with Crippen molar-refractivity contribution in [2.75, 3.05) is 46.1 Å². The first kappa shape index (κ1) is 18.1. The van der Waals surface area contributed by atoms with E-state index >= 15 is 0 Å². The summed E-state index contributed by atoms with van der Waals surface area (Å²) in [4.78, 5) is 28.0. The Morgan fingerprint density at radius 2 is 2.04 bits per heavy atom. The summed E-state index contributed by atoms with van der Waals surface area (Å²) in [7, 11) is 0. The molecule has 7 nitrogen and oxygen atoms in total. The monoisotopic (exact) mass is 373 g/mol. The molecule has 3 aliphatic rings. The molecule has 0 aromatic heterocycles. The Bertz CT molecular complexity index is 738. The second-order valence-corrected chi connectivity index (χ2v) is 8.12. The zero-order valence-electron chi connectivity index (χ0n) is 15.8. The normalized spacial score (nSPS) is 25.6. The Balaban J connectivity index is 1.37. The lowest BCUT2D eigenvalue weighted by Crippen LogP contribution is -2.52. The number of piperidine rings is 1. The predicted molar refractivity (Wildman–Crippen MR) is 99.6 cm³/mol. The van der Waals surface area contributed by atoms with Crippen LogP contribution in [-0.2, 0) is 16.0 Å². The van der Waals surface area contributed by atoms with Gasteiger partial charge in [-0.15, -0.1) is 0 Å². The van der Waals surface area contributed by atoms with Crippen LogP contribution in [0.15, 0.2) is 18.2 Å². The quantitative estimate of drug-likeness (QED) is 0.834. The van der Waals surface area contributed by atoms with E-state index in [1.165, 1.54) is 5.56 Å². The average Bonchev–Trinajstić information content (AvgIpc) is 3.10.